The molecular weight excluding hydrogens is 326 g/mol. The summed E-state index contributed by atoms with van der Waals surface area (Å²) in [4.78, 5) is 13.2. The van der Waals surface area contributed by atoms with E-state index >= 15 is 0 Å². The maximum Gasteiger partial charge on any atom is 0.193 e. The zero-order valence-corrected chi connectivity index (χ0v) is 14.7. The highest BCUT2D eigenvalue weighted by molar-refractivity contribution is 6.33. The van der Waals surface area contributed by atoms with Crippen LogP contribution >= 0.6 is 0 Å². The minimum absolute atomic E-state index is 0.0113. The number of allylic oxidation sites excluding steroid dienone is 2. The van der Waals surface area contributed by atoms with Gasteiger partial charge in [-0.15, -0.1) is 0 Å². The summed E-state index contributed by atoms with van der Waals surface area (Å²) in [6.45, 7) is 3.81. The van der Waals surface area contributed by atoms with Gasteiger partial charge in [-0.25, -0.2) is 0 Å². The van der Waals surface area contributed by atoms with Crippen molar-refractivity contribution >= 4 is 11.4 Å². The van der Waals surface area contributed by atoms with E-state index in [4.69, 9.17) is 5.26 Å². The highest BCUT2D eigenvalue weighted by Gasteiger charge is 2.42. The van der Waals surface area contributed by atoms with Crippen molar-refractivity contribution in [3.63, 3.8) is 0 Å². The van der Waals surface area contributed by atoms with Crippen molar-refractivity contribution in [1.82, 2.24) is 0 Å². The topological polar surface area (TPSA) is 81.3 Å². The number of rotatable bonds is 2. The van der Waals surface area contributed by atoms with Gasteiger partial charge in [-0.3, -0.25) is 4.79 Å². The second kappa shape index (κ2) is 5.63. The molecule has 0 saturated heterocycles. The van der Waals surface area contributed by atoms with Gasteiger partial charge in [0.1, 0.15) is 6.10 Å². The summed E-state index contributed by atoms with van der Waals surface area (Å²) in [6, 6.07) is 12.9. The summed E-state index contributed by atoms with van der Waals surface area (Å²) in [7, 11) is 0. The number of ketones is 1. The number of hydrogen-bond acceptors (Lipinski definition) is 4. The summed E-state index contributed by atoms with van der Waals surface area (Å²) in [5.74, 6) is -0.0113. The Labute approximate surface area is 152 Å². The van der Waals surface area contributed by atoms with Crippen LogP contribution in [0, 0.1) is 11.3 Å². The Hall–Kier alpha value is -2.74. The Morgan fingerprint density at radius 1 is 1.19 bits per heavy atom. The molecule has 0 bridgehead atoms. The van der Waals surface area contributed by atoms with Gasteiger partial charge in [-0.05, 0) is 46.4 Å². The standard InChI is InChI=1S/C22H19NO3/c1-22(2)17-8-13(19(25)11-24)4-6-16(17)21(26)20-15-5-3-12(10-23)7-14(15)9-18(20)22/h3-8,19,24-25H,9,11H2,1-2H3. The molecule has 4 heteroatoms. The fraction of sp³-hybridized carbons (Fsp3) is 0.273. The zero-order valence-electron chi connectivity index (χ0n) is 14.7. The molecule has 26 heavy (non-hydrogen) atoms. The van der Waals surface area contributed by atoms with E-state index in [2.05, 4.69) is 19.9 Å². The van der Waals surface area contributed by atoms with Crippen LogP contribution in [0.3, 0.4) is 0 Å². The van der Waals surface area contributed by atoms with E-state index in [-0.39, 0.29) is 17.8 Å². The summed E-state index contributed by atoms with van der Waals surface area (Å²) in [6.07, 6.45) is -0.314. The van der Waals surface area contributed by atoms with E-state index in [0.717, 1.165) is 27.8 Å². The van der Waals surface area contributed by atoms with E-state index < -0.39 is 6.10 Å². The number of Topliss-reactive ketones (excluding diaryl/α,β-unsaturated/α-hetero) is 1. The van der Waals surface area contributed by atoms with Crippen LogP contribution in [0.5, 0.6) is 0 Å². The molecule has 0 heterocycles. The molecule has 4 nitrogen and oxygen atoms in total. The third kappa shape index (κ3) is 2.18. The Morgan fingerprint density at radius 2 is 1.92 bits per heavy atom. The minimum Gasteiger partial charge on any atom is -0.393 e. The highest BCUT2D eigenvalue weighted by Crippen LogP contribution is 2.50. The first-order chi connectivity index (χ1) is 12.4. The fourth-order valence-corrected chi connectivity index (χ4v) is 4.17. The molecule has 2 aliphatic carbocycles. The van der Waals surface area contributed by atoms with Crippen LogP contribution < -0.4 is 0 Å². The summed E-state index contributed by atoms with van der Waals surface area (Å²) < 4.78 is 0. The predicted molar refractivity (Wildman–Crippen MR) is 97.6 cm³/mol. The Morgan fingerprint density at radius 3 is 2.62 bits per heavy atom. The maximum absolute atomic E-state index is 13.2. The second-order valence-electron chi connectivity index (χ2n) is 7.47. The normalized spacial score (nSPS) is 18.0. The SMILES string of the molecule is CC1(C)C2=C(C(=O)c3ccc(C(O)CO)cc31)c1ccc(C#N)cc1C2. The van der Waals surface area contributed by atoms with E-state index in [1.165, 1.54) is 0 Å². The molecule has 0 radical (unpaired) electrons. The lowest BCUT2D eigenvalue weighted by molar-refractivity contribution is 0.0953. The van der Waals surface area contributed by atoms with Gasteiger partial charge >= 0.3 is 0 Å². The maximum atomic E-state index is 13.2. The van der Waals surface area contributed by atoms with E-state index in [1.807, 2.05) is 18.2 Å². The van der Waals surface area contributed by atoms with Crippen molar-refractivity contribution in [2.45, 2.75) is 31.8 Å². The van der Waals surface area contributed by atoms with Gasteiger partial charge in [-0.2, -0.15) is 5.26 Å². The van der Waals surface area contributed by atoms with E-state index in [1.54, 1.807) is 18.2 Å². The predicted octanol–water partition coefficient (Wildman–Crippen LogP) is 3.07. The Bertz CT molecular complexity index is 1020. The van der Waals surface area contributed by atoms with Gasteiger partial charge in [0.15, 0.2) is 5.78 Å². The minimum atomic E-state index is -0.958. The third-order valence-electron chi connectivity index (χ3n) is 5.67. The van der Waals surface area contributed by atoms with Gasteiger partial charge in [-0.1, -0.05) is 38.1 Å². The number of fused-ring (bicyclic) bond motifs is 3. The molecule has 0 spiro atoms. The molecule has 2 N–H and O–H groups in total. The molecular formula is C22H19NO3. The summed E-state index contributed by atoms with van der Waals surface area (Å²) in [5.41, 5.74) is 6.07. The number of aliphatic hydroxyl groups excluding tert-OH is 2. The average Bonchev–Trinajstić information content (AvgIpc) is 3.05. The molecule has 1 atom stereocenters. The van der Waals surface area contributed by atoms with E-state index in [9.17, 15) is 15.0 Å². The molecule has 2 aliphatic rings. The van der Waals surface area contributed by atoms with E-state index in [0.29, 0.717) is 23.1 Å². The number of benzene rings is 2. The molecule has 0 amide bonds. The second-order valence-corrected chi connectivity index (χ2v) is 7.47. The monoisotopic (exact) mass is 345 g/mol. The van der Waals surface area contributed by atoms with Crippen LogP contribution in [0.25, 0.3) is 5.57 Å². The zero-order chi connectivity index (χ0) is 18.6. The van der Waals surface area contributed by atoms with Crippen LogP contribution in [0.15, 0.2) is 42.0 Å². The highest BCUT2D eigenvalue weighted by atomic mass is 16.3. The molecule has 0 saturated carbocycles. The third-order valence-corrected chi connectivity index (χ3v) is 5.67. The number of nitriles is 1. The lowest BCUT2D eigenvalue weighted by atomic mass is 9.68. The van der Waals surface area contributed by atoms with Gasteiger partial charge in [0.05, 0.1) is 18.2 Å². The van der Waals surface area contributed by atoms with Crippen LogP contribution in [-0.2, 0) is 11.8 Å². The molecule has 0 aromatic heterocycles. The Balaban J connectivity index is 1.89. The number of aliphatic hydroxyl groups is 2. The molecule has 2 aromatic rings. The first kappa shape index (κ1) is 16.7. The number of nitrogens with zero attached hydrogens (tertiary/aromatic N) is 1. The van der Waals surface area contributed by atoms with Crippen LogP contribution in [0.2, 0.25) is 0 Å². The van der Waals surface area contributed by atoms with Crippen LogP contribution in [0.4, 0.5) is 0 Å². The molecule has 130 valence electrons. The molecule has 1 unspecified atom stereocenters. The van der Waals surface area contributed by atoms with Crippen LogP contribution in [0.1, 0.15) is 58.1 Å². The lowest BCUT2D eigenvalue weighted by Gasteiger charge is -2.35. The van der Waals surface area contributed by atoms with Gasteiger partial charge in [0.2, 0.25) is 0 Å². The Kier molecular flexibility index (Phi) is 3.62. The first-order valence-electron chi connectivity index (χ1n) is 8.63. The average molecular weight is 345 g/mol. The van der Waals surface area contributed by atoms with Crippen molar-refractivity contribution in [2.24, 2.45) is 0 Å². The number of carbonyl (C=O) groups excluding carboxylic acids is 1. The largest absolute Gasteiger partial charge is 0.393 e. The lowest BCUT2D eigenvalue weighted by Crippen LogP contribution is -2.30. The summed E-state index contributed by atoms with van der Waals surface area (Å²) in [5, 5.41) is 28.4. The quantitative estimate of drug-likeness (QED) is 0.876. The molecule has 2 aromatic carbocycles. The van der Waals surface area contributed by atoms with Crippen molar-refractivity contribution in [3.8, 4) is 6.07 Å². The smallest absolute Gasteiger partial charge is 0.193 e. The summed E-state index contributed by atoms with van der Waals surface area (Å²) >= 11 is 0. The van der Waals surface area contributed by atoms with Crippen molar-refractivity contribution < 1.29 is 15.0 Å². The molecule has 0 fully saturated rings. The van der Waals surface area contributed by atoms with Crippen molar-refractivity contribution in [1.29, 1.82) is 5.26 Å². The van der Waals surface area contributed by atoms with Crippen molar-refractivity contribution in [3.05, 3.63) is 75.4 Å². The number of carbonyl (C=O) groups is 1. The van der Waals surface area contributed by atoms with Crippen molar-refractivity contribution in [2.75, 3.05) is 6.61 Å². The van der Waals surface area contributed by atoms with Gasteiger partial charge in [0, 0.05) is 16.6 Å². The molecule has 0 aliphatic heterocycles. The number of hydrogen-bond donors (Lipinski definition) is 2. The van der Waals surface area contributed by atoms with Crippen LogP contribution in [-0.4, -0.2) is 22.6 Å². The van der Waals surface area contributed by atoms with Gasteiger partial charge < -0.3 is 10.2 Å². The fourth-order valence-electron chi connectivity index (χ4n) is 4.17. The molecule has 4 rings (SSSR count). The van der Waals surface area contributed by atoms with Gasteiger partial charge in [0.25, 0.3) is 0 Å². The first-order valence-corrected chi connectivity index (χ1v) is 8.63.